The molecule has 40 heavy (non-hydrogen) atoms. The Morgan fingerprint density at radius 3 is 1.95 bits per heavy atom. The summed E-state index contributed by atoms with van der Waals surface area (Å²) in [6.07, 6.45) is 0. The Hall–Kier alpha value is -4.43. The van der Waals surface area contributed by atoms with Crippen molar-refractivity contribution in [2.45, 2.75) is 32.2 Å². The summed E-state index contributed by atoms with van der Waals surface area (Å²) >= 11 is 0. The monoisotopic (exact) mass is 555 g/mol. The number of sulfonamides is 1. The SMILES string of the molecule is CCN(CC)C(=O)c1ccccc1NC(=O)c1ccccc1N(Cc1ccccc1)S(=O)(=O)c1ccc(C)cc1. The molecule has 0 unspecified atom stereocenters. The van der Waals surface area contributed by atoms with Gasteiger partial charge in [-0.2, -0.15) is 0 Å². The maximum absolute atomic E-state index is 14.0. The van der Waals surface area contributed by atoms with Crippen molar-refractivity contribution in [2.75, 3.05) is 22.7 Å². The third kappa shape index (κ3) is 6.24. The van der Waals surface area contributed by atoms with Crippen LogP contribution in [0.25, 0.3) is 0 Å². The van der Waals surface area contributed by atoms with E-state index < -0.39 is 15.9 Å². The van der Waals surface area contributed by atoms with E-state index in [4.69, 9.17) is 0 Å². The van der Waals surface area contributed by atoms with E-state index >= 15 is 0 Å². The summed E-state index contributed by atoms with van der Waals surface area (Å²) in [6.45, 7) is 6.78. The van der Waals surface area contributed by atoms with Crippen molar-refractivity contribution < 1.29 is 18.0 Å². The number of amides is 2. The molecule has 1 N–H and O–H groups in total. The first-order valence-corrected chi connectivity index (χ1v) is 14.6. The van der Waals surface area contributed by atoms with Gasteiger partial charge in [-0.3, -0.25) is 13.9 Å². The Morgan fingerprint density at radius 1 is 0.725 bits per heavy atom. The van der Waals surface area contributed by atoms with E-state index in [2.05, 4.69) is 5.32 Å². The maximum atomic E-state index is 14.0. The zero-order valence-electron chi connectivity index (χ0n) is 22.9. The van der Waals surface area contributed by atoms with Crippen molar-refractivity contribution in [3.63, 3.8) is 0 Å². The molecule has 0 aliphatic heterocycles. The van der Waals surface area contributed by atoms with E-state index in [1.807, 2.05) is 51.1 Å². The molecule has 0 aliphatic carbocycles. The molecule has 0 saturated heterocycles. The van der Waals surface area contributed by atoms with Crippen LogP contribution in [-0.2, 0) is 16.6 Å². The smallest absolute Gasteiger partial charge is 0.264 e. The van der Waals surface area contributed by atoms with Crippen LogP contribution in [0.3, 0.4) is 0 Å². The fourth-order valence-electron chi connectivity index (χ4n) is 4.42. The molecule has 2 amide bonds. The van der Waals surface area contributed by atoms with Crippen LogP contribution in [0.2, 0.25) is 0 Å². The minimum absolute atomic E-state index is 0.0262. The number of benzene rings is 4. The molecule has 8 heteroatoms. The van der Waals surface area contributed by atoms with Gasteiger partial charge in [-0.15, -0.1) is 0 Å². The molecular weight excluding hydrogens is 522 g/mol. The molecule has 0 aliphatic rings. The minimum atomic E-state index is -4.05. The standard InChI is InChI=1S/C32H33N3O4S/c1-4-34(5-2)32(37)27-15-9-11-17-29(27)33-31(36)28-16-10-12-18-30(28)35(23-25-13-7-6-8-14-25)40(38,39)26-21-19-24(3)20-22-26/h6-22H,4-5,23H2,1-3H3,(H,33,36). The van der Waals surface area contributed by atoms with Crippen molar-refractivity contribution >= 4 is 33.2 Å². The van der Waals surface area contributed by atoms with Crippen molar-refractivity contribution in [2.24, 2.45) is 0 Å². The van der Waals surface area contributed by atoms with Gasteiger partial charge < -0.3 is 10.2 Å². The van der Waals surface area contributed by atoms with Crippen LogP contribution < -0.4 is 9.62 Å². The predicted molar refractivity (Wildman–Crippen MR) is 159 cm³/mol. The number of anilines is 2. The Kier molecular flexibility index (Phi) is 9.01. The minimum Gasteiger partial charge on any atom is -0.339 e. The number of carbonyl (C=O) groups is 2. The Balaban J connectivity index is 1.77. The molecule has 0 aromatic heterocycles. The second-order valence-electron chi connectivity index (χ2n) is 9.30. The van der Waals surface area contributed by atoms with Crippen molar-refractivity contribution in [3.8, 4) is 0 Å². The zero-order valence-corrected chi connectivity index (χ0v) is 23.7. The van der Waals surface area contributed by atoms with E-state index in [0.717, 1.165) is 11.1 Å². The van der Waals surface area contributed by atoms with Gasteiger partial charge in [0.15, 0.2) is 0 Å². The molecule has 0 radical (unpaired) electrons. The number of hydrogen-bond acceptors (Lipinski definition) is 4. The van der Waals surface area contributed by atoms with Gasteiger partial charge in [-0.25, -0.2) is 8.42 Å². The lowest BCUT2D eigenvalue weighted by Gasteiger charge is -2.27. The van der Waals surface area contributed by atoms with Gasteiger partial charge in [0.25, 0.3) is 21.8 Å². The molecule has 0 saturated carbocycles. The summed E-state index contributed by atoms with van der Waals surface area (Å²) in [4.78, 5) is 28.6. The van der Waals surface area contributed by atoms with Crippen LogP contribution in [0.15, 0.2) is 108 Å². The highest BCUT2D eigenvalue weighted by Gasteiger charge is 2.29. The average molecular weight is 556 g/mol. The van der Waals surface area contributed by atoms with E-state index in [0.29, 0.717) is 24.3 Å². The predicted octanol–water partition coefficient (Wildman–Crippen LogP) is 6.12. The highest BCUT2D eigenvalue weighted by atomic mass is 32.2. The van der Waals surface area contributed by atoms with E-state index in [1.165, 1.54) is 4.31 Å². The van der Waals surface area contributed by atoms with Crippen molar-refractivity contribution in [1.29, 1.82) is 0 Å². The van der Waals surface area contributed by atoms with Gasteiger partial charge in [-0.05, 0) is 62.7 Å². The van der Waals surface area contributed by atoms with Crippen LogP contribution in [0.1, 0.15) is 45.7 Å². The lowest BCUT2D eigenvalue weighted by atomic mass is 10.1. The quantitative estimate of drug-likeness (QED) is 0.255. The number of aryl methyl sites for hydroxylation is 1. The number of para-hydroxylation sites is 2. The van der Waals surface area contributed by atoms with Crippen LogP contribution in [0.5, 0.6) is 0 Å². The molecule has 4 rings (SSSR count). The van der Waals surface area contributed by atoms with Crippen LogP contribution in [0, 0.1) is 6.92 Å². The number of carbonyl (C=O) groups excluding carboxylic acids is 2. The average Bonchev–Trinajstić information content (AvgIpc) is 2.97. The van der Waals surface area contributed by atoms with Crippen molar-refractivity contribution in [3.05, 3.63) is 125 Å². The summed E-state index contributed by atoms with van der Waals surface area (Å²) in [5.74, 6) is -0.714. The fraction of sp³-hybridized carbons (Fsp3) is 0.188. The molecule has 0 bridgehead atoms. The summed E-state index contributed by atoms with van der Waals surface area (Å²) in [7, 11) is -4.05. The largest absolute Gasteiger partial charge is 0.339 e. The highest BCUT2D eigenvalue weighted by Crippen LogP contribution is 2.30. The topological polar surface area (TPSA) is 86.8 Å². The van der Waals surface area contributed by atoms with Crippen LogP contribution in [-0.4, -0.2) is 38.2 Å². The zero-order chi connectivity index (χ0) is 28.7. The molecular formula is C32H33N3O4S. The van der Waals surface area contributed by atoms with Crippen LogP contribution >= 0.6 is 0 Å². The fourth-order valence-corrected chi connectivity index (χ4v) is 5.89. The summed E-state index contributed by atoms with van der Waals surface area (Å²) < 4.78 is 29.3. The molecule has 7 nitrogen and oxygen atoms in total. The Morgan fingerprint density at radius 2 is 1.30 bits per heavy atom. The van der Waals surface area contributed by atoms with E-state index in [-0.39, 0.29) is 28.6 Å². The first kappa shape index (κ1) is 28.6. The Labute approximate surface area is 236 Å². The molecule has 0 fully saturated rings. The first-order valence-electron chi connectivity index (χ1n) is 13.2. The molecule has 206 valence electrons. The number of nitrogens with one attached hydrogen (secondary N) is 1. The number of rotatable bonds is 10. The first-order chi connectivity index (χ1) is 19.3. The third-order valence-corrected chi connectivity index (χ3v) is 8.43. The number of hydrogen-bond donors (Lipinski definition) is 1. The Bertz CT molecular complexity index is 1580. The van der Waals surface area contributed by atoms with E-state index in [1.54, 1.807) is 77.7 Å². The molecule has 0 heterocycles. The van der Waals surface area contributed by atoms with Gasteiger partial charge in [-0.1, -0.05) is 72.3 Å². The van der Waals surface area contributed by atoms with Gasteiger partial charge in [0.2, 0.25) is 0 Å². The summed E-state index contributed by atoms with van der Waals surface area (Å²) in [5.41, 5.74) is 2.83. The highest BCUT2D eigenvalue weighted by molar-refractivity contribution is 7.92. The molecule has 4 aromatic carbocycles. The molecule has 4 aromatic rings. The summed E-state index contributed by atoms with van der Waals surface area (Å²) in [5, 5.41) is 2.86. The van der Waals surface area contributed by atoms with Gasteiger partial charge >= 0.3 is 0 Å². The second kappa shape index (κ2) is 12.6. The van der Waals surface area contributed by atoms with Gasteiger partial charge in [0, 0.05) is 13.1 Å². The van der Waals surface area contributed by atoms with E-state index in [9.17, 15) is 18.0 Å². The molecule has 0 atom stereocenters. The molecule has 0 spiro atoms. The normalized spacial score (nSPS) is 11.1. The van der Waals surface area contributed by atoms with Crippen molar-refractivity contribution in [1.82, 2.24) is 4.90 Å². The number of nitrogens with zero attached hydrogens (tertiary/aromatic N) is 2. The second-order valence-corrected chi connectivity index (χ2v) is 11.2. The lowest BCUT2D eigenvalue weighted by molar-refractivity contribution is 0.0774. The third-order valence-electron chi connectivity index (χ3n) is 6.65. The maximum Gasteiger partial charge on any atom is 0.264 e. The summed E-state index contributed by atoms with van der Waals surface area (Å²) in [6, 6.07) is 29.3. The van der Waals surface area contributed by atoms with Gasteiger partial charge in [0.05, 0.1) is 33.9 Å². The van der Waals surface area contributed by atoms with Crippen LogP contribution in [0.4, 0.5) is 11.4 Å². The lowest BCUT2D eigenvalue weighted by Crippen LogP contribution is -2.33. The van der Waals surface area contributed by atoms with Gasteiger partial charge in [0.1, 0.15) is 0 Å².